The third kappa shape index (κ3) is 3.63. The monoisotopic (exact) mass is 356 g/mol. The summed E-state index contributed by atoms with van der Waals surface area (Å²) in [5.74, 6) is 1.54. The highest BCUT2D eigenvalue weighted by molar-refractivity contribution is 7.22. The van der Waals surface area contributed by atoms with Crippen molar-refractivity contribution < 1.29 is 4.74 Å². The number of aromatic nitrogens is 3. The molecule has 0 unspecified atom stereocenters. The number of unbranched alkanes of at least 4 members (excludes halogenated alkanes) is 1. The molecule has 0 atom stereocenters. The van der Waals surface area contributed by atoms with E-state index in [0.717, 1.165) is 61.8 Å². The van der Waals surface area contributed by atoms with Crippen LogP contribution >= 0.6 is 11.3 Å². The van der Waals surface area contributed by atoms with E-state index in [1.807, 2.05) is 12.3 Å². The van der Waals surface area contributed by atoms with Gasteiger partial charge < -0.3 is 14.6 Å². The molecular formula is C19H24N4OS. The Morgan fingerprint density at radius 3 is 2.96 bits per heavy atom. The van der Waals surface area contributed by atoms with Gasteiger partial charge in [0, 0.05) is 30.9 Å². The first kappa shape index (κ1) is 16.4. The van der Waals surface area contributed by atoms with E-state index >= 15 is 0 Å². The van der Waals surface area contributed by atoms with E-state index in [4.69, 9.17) is 9.72 Å². The van der Waals surface area contributed by atoms with Crippen LogP contribution < -0.4 is 9.64 Å². The first-order valence-corrected chi connectivity index (χ1v) is 9.91. The minimum atomic E-state index is 0.590. The average Bonchev–Trinajstić information content (AvgIpc) is 3.31. The van der Waals surface area contributed by atoms with Gasteiger partial charge in [0.05, 0.1) is 23.2 Å². The molecule has 6 heteroatoms. The summed E-state index contributed by atoms with van der Waals surface area (Å²) in [5, 5.41) is 1.13. The summed E-state index contributed by atoms with van der Waals surface area (Å²) < 4.78 is 7.03. The van der Waals surface area contributed by atoms with Gasteiger partial charge in [0.25, 0.3) is 0 Å². The van der Waals surface area contributed by atoms with Gasteiger partial charge in [0.1, 0.15) is 5.75 Å². The van der Waals surface area contributed by atoms with Crippen LogP contribution in [0.1, 0.15) is 44.2 Å². The van der Waals surface area contributed by atoms with E-state index in [1.54, 1.807) is 17.7 Å². The minimum absolute atomic E-state index is 0.590. The van der Waals surface area contributed by atoms with Crippen LogP contribution in [0.25, 0.3) is 10.2 Å². The second kappa shape index (κ2) is 7.44. The van der Waals surface area contributed by atoms with Gasteiger partial charge >= 0.3 is 0 Å². The smallest absolute Gasteiger partial charge is 0.186 e. The average molecular weight is 356 g/mol. The molecule has 1 fully saturated rings. The second-order valence-electron chi connectivity index (χ2n) is 6.60. The number of benzene rings is 1. The fourth-order valence-electron chi connectivity index (χ4n) is 3.32. The number of fused-ring (bicyclic) bond motifs is 1. The molecule has 0 radical (unpaired) electrons. The van der Waals surface area contributed by atoms with Gasteiger partial charge in [-0.3, -0.25) is 0 Å². The molecule has 4 rings (SSSR count). The Balaban J connectivity index is 1.43. The summed E-state index contributed by atoms with van der Waals surface area (Å²) in [4.78, 5) is 14.6. The molecule has 0 bridgehead atoms. The van der Waals surface area contributed by atoms with Gasteiger partial charge in [-0.15, -0.1) is 0 Å². The highest BCUT2D eigenvalue weighted by Gasteiger charge is 2.23. The molecule has 1 aromatic carbocycles. The number of rotatable bonds is 6. The molecule has 132 valence electrons. The molecule has 0 saturated carbocycles. The van der Waals surface area contributed by atoms with E-state index in [1.165, 1.54) is 10.4 Å². The molecule has 0 spiro atoms. The third-order valence-corrected chi connectivity index (χ3v) is 5.92. The number of hydrogen-bond donors (Lipinski definition) is 1. The summed E-state index contributed by atoms with van der Waals surface area (Å²) in [5.41, 5.74) is 2.33. The molecule has 1 aliphatic heterocycles. The Bertz CT molecular complexity index is 806. The molecule has 3 heterocycles. The van der Waals surface area contributed by atoms with Crippen molar-refractivity contribution in [2.45, 2.75) is 38.5 Å². The highest BCUT2D eigenvalue weighted by Crippen LogP contribution is 2.35. The predicted octanol–water partition coefficient (Wildman–Crippen LogP) is 4.58. The van der Waals surface area contributed by atoms with Crippen LogP contribution in [-0.4, -0.2) is 34.6 Å². The fourth-order valence-corrected chi connectivity index (χ4v) is 4.37. The lowest BCUT2D eigenvalue weighted by molar-refractivity contribution is 0.310. The fraction of sp³-hybridized carbons (Fsp3) is 0.474. The van der Waals surface area contributed by atoms with Crippen molar-refractivity contribution in [2.75, 3.05) is 24.6 Å². The molecule has 0 amide bonds. The van der Waals surface area contributed by atoms with E-state index in [-0.39, 0.29) is 0 Å². The molecule has 3 aromatic rings. The van der Waals surface area contributed by atoms with E-state index in [0.29, 0.717) is 5.92 Å². The summed E-state index contributed by atoms with van der Waals surface area (Å²) in [6.45, 7) is 5.05. The lowest BCUT2D eigenvalue weighted by atomic mass is 9.94. The standard InChI is InChI=1S/C19H24N4OS/c1-2-3-10-24-15-4-5-16-18(11-15)25-19(22-16)23-8-6-14(7-9-23)17-12-20-13-21-17/h4-5,11-14H,2-3,6-10H2,1H3,(H,20,21). The first-order valence-electron chi connectivity index (χ1n) is 9.10. The number of anilines is 1. The maximum Gasteiger partial charge on any atom is 0.186 e. The summed E-state index contributed by atoms with van der Waals surface area (Å²) in [6, 6.07) is 6.24. The zero-order valence-electron chi connectivity index (χ0n) is 14.6. The maximum absolute atomic E-state index is 5.82. The van der Waals surface area contributed by atoms with Crippen molar-refractivity contribution in [1.82, 2.24) is 15.0 Å². The third-order valence-electron chi connectivity index (χ3n) is 4.84. The van der Waals surface area contributed by atoms with Crippen LogP contribution in [0.3, 0.4) is 0 Å². The molecule has 1 N–H and O–H groups in total. The SMILES string of the molecule is CCCCOc1ccc2nc(N3CCC(c4cnc[nH]4)CC3)sc2c1. The first-order chi connectivity index (χ1) is 12.3. The van der Waals surface area contributed by atoms with Crippen LogP contribution in [0, 0.1) is 0 Å². The minimum Gasteiger partial charge on any atom is -0.494 e. The number of hydrogen-bond acceptors (Lipinski definition) is 5. The number of imidazole rings is 1. The number of thiazole rings is 1. The van der Waals surface area contributed by atoms with Gasteiger partial charge in [-0.05, 0) is 37.5 Å². The number of ether oxygens (including phenoxy) is 1. The molecule has 25 heavy (non-hydrogen) atoms. The van der Waals surface area contributed by atoms with Gasteiger partial charge in [-0.1, -0.05) is 24.7 Å². The normalized spacial score (nSPS) is 15.8. The van der Waals surface area contributed by atoms with Crippen molar-refractivity contribution >= 4 is 26.7 Å². The zero-order valence-corrected chi connectivity index (χ0v) is 15.4. The zero-order chi connectivity index (χ0) is 17.1. The number of piperidine rings is 1. The largest absolute Gasteiger partial charge is 0.494 e. The number of H-pyrrole nitrogens is 1. The van der Waals surface area contributed by atoms with Crippen molar-refractivity contribution in [3.63, 3.8) is 0 Å². The lowest BCUT2D eigenvalue weighted by Gasteiger charge is -2.31. The van der Waals surface area contributed by atoms with Crippen LogP contribution in [0.15, 0.2) is 30.7 Å². The Labute approximate surface area is 152 Å². The number of aromatic amines is 1. The maximum atomic E-state index is 5.82. The summed E-state index contributed by atoms with van der Waals surface area (Å²) in [6.07, 6.45) is 8.26. The van der Waals surface area contributed by atoms with E-state index in [9.17, 15) is 0 Å². The summed E-state index contributed by atoms with van der Waals surface area (Å²) >= 11 is 1.77. The molecule has 5 nitrogen and oxygen atoms in total. The Hall–Kier alpha value is -2.08. The quantitative estimate of drug-likeness (QED) is 0.657. The Morgan fingerprint density at radius 1 is 1.32 bits per heavy atom. The molecule has 0 aliphatic carbocycles. The molecule has 2 aromatic heterocycles. The molecular weight excluding hydrogens is 332 g/mol. The van der Waals surface area contributed by atoms with Crippen molar-refractivity contribution in [3.8, 4) is 5.75 Å². The van der Waals surface area contributed by atoms with Crippen molar-refractivity contribution in [2.24, 2.45) is 0 Å². The van der Waals surface area contributed by atoms with Crippen LogP contribution in [0.2, 0.25) is 0 Å². The lowest BCUT2D eigenvalue weighted by Crippen LogP contribution is -2.32. The Kier molecular flexibility index (Phi) is 4.88. The summed E-state index contributed by atoms with van der Waals surface area (Å²) in [7, 11) is 0. The highest BCUT2D eigenvalue weighted by atomic mass is 32.1. The van der Waals surface area contributed by atoms with Crippen LogP contribution in [0.5, 0.6) is 5.75 Å². The van der Waals surface area contributed by atoms with E-state index in [2.05, 4.69) is 33.9 Å². The van der Waals surface area contributed by atoms with Crippen molar-refractivity contribution in [1.29, 1.82) is 0 Å². The van der Waals surface area contributed by atoms with Gasteiger partial charge in [0.15, 0.2) is 5.13 Å². The van der Waals surface area contributed by atoms with Gasteiger partial charge in [-0.25, -0.2) is 9.97 Å². The number of nitrogens with one attached hydrogen (secondary N) is 1. The van der Waals surface area contributed by atoms with Crippen molar-refractivity contribution in [3.05, 3.63) is 36.4 Å². The topological polar surface area (TPSA) is 54.0 Å². The van der Waals surface area contributed by atoms with Gasteiger partial charge in [-0.2, -0.15) is 0 Å². The molecule has 1 saturated heterocycles. The van der Waals surface area contributed by atoms with E-state index < -0.39 is 0 Å². The van der Waals surface area contributed by atoms with Crippen LogP contribution in [-0.2, 0) is 0 Å². The van der Waals surface area contributed by atoms with Crippen LogP contribution in [0.4, 0.5) is 5.13 Å². The van der Waals surface area contributed by atoms with Gasteiger partial charge in [0.2, 0.25) is 0 Å². The Morgan fingerprint density at radius 2 is 2.20 bits per heavy atom. The second-order valence-corrected chi connectivity index (χ2v) is 7.61. The number of nitrogens with zero attached hydrogens (tertiary/aromatic N) is 3. The molecule has 1 aliphatic rings. The predicted molar refractivity (Wildman–Crippen MR) is 103 cm³/mol.